The first-order valence-corrected chi connectivity index (χ1v) is 10.4. The first-order chi connectivity index (χ1) is 15.0. The summed E-state index contributed by atoms with van der Waals surface area (Å²) in [6.07, 6.45) is -0.668. The molecule has 0 bridgehead atoms. The molecule has 0 aliphatic heterocycles. The van der Waals surface area contributed by atoms with Crippen LogP contribution in [0, 0.1) is 6.92 Å². The van der Waals surface area contributed by atoms with Crippen LogP contribution in [-0.4, -0.2) is 26.6 Å². The number of hydrogen-bond acceptors (Lipinski definition) is 7. The van der Waals surface area contributed by atoms with Crippen molar-refractivity contribution in [2.24, 2.45) is 0 Å². The summed E-state index contributed by atoms with van der Waals surface area (Å²) in [7, 11) is 0. The fraction of sp³-hybridized carbons (Fsp3) is 0.182. The minimum atomic E-state index is -0.668. The number of benzene rings is 2. The van der Waals surface area contributed by atoms with Gasteiger partial charge in [0.05, 0.1) is 5.69 Å². The van der Waals surface area contributed by atoms with E-state index in [0.717, 1.165) is 5.01 Å². The fourth-order valence-electron chi connectivity index (χ4n) is 2.85. The van der Waals surface area contributed by atoms with E-state index in [0.29, 0.717) is 27.8 Å². The predicted octanol–water partition coefficient (Wildman–Crippen LogP) is 3.44. The molecule has 2 heterocycles. The normalized spacial score (nSPS) is 11.8. The predicted molar refractivity (Wildman–Crippen MR) is 118 cm³/mol. The Hall–Kier alpha value is -3.72. The van der Waals surface area contributed by atoms with E-state index >= 15 is 0 Å². The van der Waals surface area contributed by atoms with Gasteiger partial charge in [0.25, 0.3) is 11.5 Å². The molecule has 2 aromatic heterocycles. The van der Waals surface area contributed by atoms with Crippen molar-refractivity contribution in [3.05, 3.63) is 81.7 Å². The van der Waals surface area contributed by atoms with Crippen molar-refractivity contribution in [3.8, 4) is 11.5 Å². The third-order valence-corrected chi connectivity index (χ3v) is 5.14. The van der Waals surface area contributed by atoms with Crippen molar-refractivity contribution in [1.29, 1.82) is 0 Å². The van der Waals surface area contributed by atoms with E-state index in [1.54, 1.807) is 43.3 Å². The van der Waals surface area contributed by atoms with Crippen LogP contribution in [0.1, 0.15) is 17.6 Å². The standard InChI is InChI=1S/C22H20N4O4S/c1-14(30-18-8-4-3-5-9-18)21(28)23-16-7-6-10-19(11-16)29-13-17-12-20(27)26-22(24-17)31-15(2)25-26/h3-12,14H,13H2,1-2H3,(H,23,28)/t14-/m0/s1. The second-order valence-corrected chi connectivity index (χ2v) is 7.94. The van der Waals surface area contributed by atoms with Crippen molar-refractivity contribution < 1.29 is 14.3 Å². The summed E-state index contributed by atoms with van der Waals surface area (Å²) in [4.78, 5) is 29.5. The maximum Gasteiger partial charge on any atom is 0.275 e. The molecule has 0 unspecified atom stereocenters. The lowest BCUT2D eigenvalue weighted by molar-refractivity contribution is -0.122. The van der Waals surface area contributed by atoms with E-state index in [-0.39, 0.29) is 18.1 Å². The molecule has 0 fully saturated rings. The highest BCUT2D eigenvalue weighted by atomic mass is 32.1. The molecule has 0 saturated carbocycles. The zero-order valence-corrected chi connectivity index (χ0v) is 17.8. The second kappa shape index (κ2) is 8.97. The van der Waals surface area contributed by atoms with Gasteiger partial charge in [-0.15, -0.1) is 0 Å². The molecular formula is C22H20N4O4S. The first-order valence-electron chi connectivity index (χ1n) is 9.60. The number of carbonyl (C=O) groups excluding carboxylic acids is 1. The molecule has 0 aliphatic rings. The Morgan fingerprint density at radius 2 is 1.90 bits per heavy atom. The largest absolute Gasteiger partial charge is 0.487 e. The van der Waals surface area contributed by atoms with Gasteiger partial charge in [0.1, 0.15) is 23.1 Å². The molecule has 4 aromatic rings. The number of nitrogens with zero attached hydrogens (tertiary/aromatic N) is 3. The van der Waals surface area contributed by atoms with Crippen LogP contribution in [0.25, 0.3) is 4.96 Å². The maximum atomic E-state index is 12.4. The number of aryl methyl sites for hydroxylation is 1. The van der Waals surface area contributed by atoms with Crippen molar-refractivity contribution in [1.82, 2.24) is 14.6 Å². The Balaban J connectivity index is 1.39. The number of rotatable bonds is 7. The third kappa shape index (κ3) is 5.07. The number of amides is 1. The molecule has 9 heteroatoms. The van der Waals surface area contributed by atoms with E-state index < -0.39 is 6.10 Å². The van der Waals surface area contributed by atoms with E-state index in [1.807, 2.05) is 25.1 Å². The highest BCUT2D eigenvalue weighted by molar-refractivity contribution is 7.16. The molecule has 158 valence electrons. The van der Waals surface area contributed by atoms with Crippen LogP contribution in [-0.2, 0) is 11.4 Å². The number of fused-ring (bicyclic) bond motifs is 1. The number of carbonyl (C=O) groups is 1. The van der Waals surface area contributed by atoms with Crippen molar-refractivity contribution in [2.45, 2.75) is 26.6 Å². The Morgan fingerprint density at radius 1 is 1.13 bits per heavy atom. The second-order valence-electron chi connectivity index (χ2n) is 6.78. The molecule has 1 atom stereocenters. The molecule has 1 N–H and O–H groups in total. The van der Waals surface area contributed by atoms with Crippen LogP contribution >= 0.6 is 11.3 Å². The number of para-hydroxylation sites is 1. The van der Waals surface area contributed by atoms with E-state index in [2.05, 4.69) is 15.4 Å². The minimum absolute atomic E-state index is 0.119. The van der Waals surface area contributed by atoms with E-state index in [1.165, 1.54) is 21.9 Å². The van der Waals surface area contributed by atoms with Gasteiger partial charge in [0, 0.05) is 17.8 Å². The van der Waals surface area contributed by atoms with Gasteiger partial charge < -0.3 is 14.8 Å². The third-order valence-electron chi connectivity index (χ3n) is 4.31. The van der Waals surface area contributed by atoms with Crippen molar-refractivity contribution in [3.63, 3.8) is 0 Å². The van der Waals surface area contributed by atoms with E-state index in [4.69, 9.17) is 9.47 Å². The Labute approximate surface area is 182 Å². The lowest BCUT2D eigenvalue weighted by atomic mass is 10.2. The smallest absolute Gasteiger partial charge is 0.275 e. The number of ether oxygens (including phenoxy) is 2. The lowest BCUT2D eigenvalue weighted by Crippen LogP contribution is -2.30. The molecule has 0 saturated heterocycles. The summed E-state index contributed by atoms with van der Waals surface area (Å²) in [5, 5.41) is 7.70. The highest BCUT2D eigenvalue weighted by Gasteiger charge is 2.15. The molecule has 0 radical (unpaired) electrons. The van der Waals surface area contributed by atoms with Crippen molar-refractivity contribution >= 4 is 27.9 Å². The van der Waals surface area contributed by atoms with Crippen LogP contribution < -0.4 is 20.3 Å². The Bertz CT molecular complexity index is 1270. The van der Waals surface area contributed by atoms with Gasteiger partial charge in [-0.25, -0.2) is 4.98 Å². The zero-order chi connectivity index (χ0) is 21.8. The number of aromatic nitrogens is 3. The van der Waals surface area contributed by atoms with E-state index in [9.17, 15) is 9.59 Å². The quantitative estimate of drug-likeness (QED) is 0.477. The Morgan fingerprint density at radius 3 is 2.71 bits per heavy atom. The summed E-state index contributed by atoms with van der Waals surface area (Å²) in [5.74, 6) is 0.886. The minimum Gasteiger partial charge on any atom is -0.487 e. The molecule has 0 aliphatic carbocycles. The van der Waals surface area contributed by atoms with Gasteiger partial charge in [-0.3, -0.25) is 9.59 Å². The van der Waals surface area contributed by atoms with Gasteiger partial charge >= 0.3 is 0 Å². The lowest BCUT2D eigenvalue weighted by Gasteiger charge is -2.15. The van der Waals surface area contributed by atoms with Crippen LogP contribution in [0.2, 0.25) is 0 Å². The van der Waals surface area contributed by atoms with Gasteiger partial charge in [-0.2, -0.15) is 9.61 Å². The first kappa shape index (κ1) is 20.5. The summed E-state index contributed by atoms with van der Waals surface area (Å²) >= 11 is 1.34. The van der Waals surface area contributed by atoms with Gasteiger partial charge in [-0.1, -0.05) is 35.6 Å². The number of nitrogens with one attached hydrogen (secondary N) is 1. The van der Waals surface area contributed by atoms with Gasteiger partial charge in [0.2, 0.25) is 4.96 Å². The zero-order valence-electron chi connectivity index (χ0n) is 16.9. The average molecular weight is 436 g/mol. The summed E-state index contributed by atoms with van der Waals surface area (Å²) in [6.45, 7) is 3.62. The number of hydrogen-bond donors (Lipinski definition) is 1. The molecule has 2 aromatic carbocycles. The fourth-order valence-corrected chi connectivity index (χ4v) is 3.61. The summed E-state index contributed by atoms with van der Waals surface area (Å²) in [6, 6.07) is 17.6. The molecular weight excluding hydrogens is 416 g/mol. The summed E-state index contributed by atoms with van der Waals surface area (Å²) < 4.78 is 12.7. The highest BCUT2D eigenvalue weighted by Crippen LogP contribution is 2.19. The summed E-state index contributed by atoms with van der Waals surface area (Å²) in [5.41, 5.74) is 0.835. The van der Waals surface area contributed by atoms with Crippen LogP contribution in [0.3, 0.4) is 0 Å². The average Bonchev–Trinajstić information content (AvgIpc) is 3.14. The molecule has 31 heavy (non-hydrogen) atoms. The van der Waals surface area contributed by atoms with Gasteiger partial charge in [-0.05, 0) is 38.1 Å². The van der Waals surface area contributed by atoms with Crippen LogP contribution in [0.15, 0.2) is 65.5 Å². The number of anilines is 1. The van der Waals surface area contributed by atoms with Gasteiger partial charge in [0.15, 0.2) is 6.10 Å². The molecule has 8 nitrogen and oxygen atoms in total. The maximum absolute atomic E-state index is 12.4. The molecule has 4 rings (SSSR count). The Kier molecular flexibility index (Phi) is 5.94. The van der Waals surface area contributed by atoms with Crippen LogP contribution in [0.5, 0.6) is 11.5 Å². The SMILES string of the molecule is Cc1nn2c(=O)cc(COc3cccc(NC(=O)[C@H](C)Oc4ccccc4)c3)nc2s1. The van der Waals surface area contributed by atoms with Crippen molar-refractivity contribution in [2.75, 3.05) is 5.32 Å². The topological polar surface area (TPSA) is 94.8 Å². The van der Waals surface area contributed by atoms with Crippen LogP contribution in [0.4, 0.5) is 5.69 Å². The monoisotopic (exact) mass is 436 g/mol. The molecule has 0 spiro atoms. The molecule has 1 amide bonds.